The van der Waals surface area contributed by atoms with Crippen molar-refractivity contribution in [2.75, 3.05) is 31.6 Å². The van der Waals surface area contributed by atoms with Crippen LogP contribution in [0.15, 0.2) is 24.5 Å². The quantitative estimate of drug-likeness (QED) is 0.469. The lowest BCUT2D eigenvalue weighted by atomic mass is 9.94. The van der Waals surface area contributed by atoms with Gasteiger partial charge in [0.1, 0.15) is 0 Å². The maximum absolute atomic E-state index is 12.8. The second-order valence-electron chi connectivity index (χ2n) is 7.26. The zero-order valence-corrected chi connectivity index (χ0v) is 17.4. The Balaban J connectivity index is 1.35. The Labute approximate surface area is 175 Å². The maximum atomic E-state index is 12.8. The molecule has 0 saturated carbocycles. The van der Waals surface area contributed by atoms with E-state index in [1.807, 2.05) is 0 Å². The highest BCUT2D eigenvalue weighted by atomic mass is 16.5. The molecule has 1 aliphatic carbocycles. The summed E-state index contributed by atoms with van der Waals surface area (Å²) in [6, 6.07) is 3.55. The molecule has 4 rings (SSSR count). The van der Waals surface area contributed by atoms with Gasteiger partial charge in [0.25, 0.3) is 5.91 Å². The third-order valence-corrected chi connectivity index (χ3v) is 5.43. The molecular formula is C21H27N7O2. The molecule has 0 unspecified atom stereocenters. The van der Waals surface area contributed by atoms with Crippen molar-refractivity contribution in [3.8, 4) is 17.1 Å². The summed E-state index contributed by atoms with van der Waals surface area (Å²) in [6.07, 6.45) is 6.03. The first kappa shape index (κ1) is 20.1. The predicted molar refractivity (Wildman–Crippen MR) is 114 cm³/mol. The molecule has 3 N–H and O–H groups in total. The molecule has 0 aromatic carbocycles. The van der Waals surface area contributed by atoms with E-state index in [-0.39, 0.29) is 5.91 Å². The number of hydrogen-bond donors (Lipinski definition) is 3. The Kier molecular flexibility index (Phi) is 6.08. The van der Waals surface area contributed by atoms with Gasteiger partial charge in [0.05, 0.1) is 35.9 Å². The molecule has 0 fully saturated rings. The van der Waals surface area contributed by atoms with Crippen molar-refractivity contribution in [3.05, 3.63) is 41.5 Å². The van der Waals surface area contributed by atoms with Crippen molar-refractivity contribution in [1.82, 2.24) is 30.3 Å². The first-order valence-electron chi connectivity index (χ1n) is 10.4. The number of anilines is 1. The smallest absolute Gasteiger partial charge is 0.276 e. The Morgan fingerprint density at radius 2 is 2.07 bits per heavy atom. The number of carbonyl (C=O) groups is 1. The molecule has 0 radical (unpaired) electrons. The van der Waals surface area contributed by atoms with Gasteiger partial charge < -0.3 is 15.0 Å². The van der Waals surface area contributed by atoms with Gasteiger partial charge in [-0.25, -0.2) is 4.98 Å². The summed E-state index contributed by atoms with van der Waals surface area (Å²) in [7, 11) is 0. The van der Waals surface area contributed by atoms with Crippen LogP contribution in [0.1, 0.15) is 42.0 Å². The molecule has 3 heterocycles. The molecule has 9 heteroatoms. The summed E-state index contributed by atoms with van der Waals surface area (Å²) >= 11 is 0. The van der Waals surface area contributed by atoms with Crippen LogP contribution in [0.4, 0.5) is 5.69 Å². The molecule has 0 bridgehead atoms. The number of aryl methyl sites for hydroxylation is 2. The number of ether oxygens (including phenoxy) is 1. The van der Waals surface area contributed by atoms with Gasteiger partial charge in [-0.15, -0.1) is 0 Å². The molecule has 9 nitrogen and oxygen atoms in total. The normalized spacial score (nSPS) is 12.5. The lowest BCUT2D eigenvalue weighted by molar-refractivity contribution is 0.102. The molecular weight excluding hydrogens is 382 g/mol. The van der Waals surface area contributed by atoms with Gasteiger partial charge >= 0.3 is 0 Å². The number of aromatic nitrogens is 5. The van der Waals surface area contributed by atoms with Crippen molar-refractivity contribution in [2.45, 2.75) is 33.1 Å². The number of amides is 1. The highest BCUT2D eigenvalue weighted by molar-refractivity contribution is 6.07. The van der Waals surface area contributed by atoms with Crippen molar-refractivity contribution in [3.63, 3.8) is 0 Å². The molecule has 158 valence electrons. The Hall–Kier alpha value is -3.20. The number of fused-ring (bicyclic) bond motifs is 3. The van der Waals surface area contributed by atoms with Gasteiger partial charge in [-0.2, -0.15) is 10.2 Å². The first-order valence-corrected chi connectivity index (χ1v) is 10.4. The van der Waals surface area contributed by atoms with Gasteiger partial charge in [0.2, 0.25) is 5.88 Å². The molecule has 1 amide bonds. The summed E-state index contributed by atoms with van der Waals surface area (Å²) < 4.78 is 5.70. The number of carbonyl (C=O) groups excluding carboxylic acids is 1. The van der Waals surface area contributed by atoms with Crippen LogP contribution < -0.4 is 10.1 Å². The third kappa shape index (κ3) is 4.20. The highest BCUT2D eigenvalue weighted by Gasteiger charge is 2.27. The predicted octanol–water partition coefficient (Wildman–Crippen LogP) is 2.66. The van der Waals surface area contributed by atoms with Crippen LogP contribution in [-0.2, 0) is 12.8 Å². The summed E-state index contributed by atoms with van der Waals surface area (Å²) in [5, 5.41) is 17.2. The molecule has 3 aromatic rings. The molecule has 0 saturated heterocycles. The average molecular weight is 409 g/mol. The van der Waals surface area contributed by atoms with Crippen LogP contribution in [0, 0.1) is 0 Å². The minimum Gasteiger partial charge on any atom is -0.478 e. The van der Waals surface area contributed by atoms with E-state index in [0.29, 0.717) is 23.9 Å². The van der Waals surface area contributed by atoms with Crippen LogP contribution in [-0.4, -0.2) is 62.4 Å². The molecule has 0 atom stereocenters. The summed E-state index contributed by atoms with van der Waals surface area (Å²) in [6.45, 7) is 8.03. The number of aromatic amines is 2. The SMILES string of the molecule is CCN(CC)CCCOc1ccc(NC(=O)c2n[nH]c3c2-c2[nH]ncc2CC3)cn1. The number of nitrogens with zero attached hydrogens (tertiary/aromatic N) is 4. The van der Waals surface area contributed by atoms with Crippen molar-refractivity contribution >= 4 is 11.6 Å². The van der Waals surface area contributed by atoms with Gasteiger partial charge in [-0.05, 0) is 44.0 Å². The second-order valence-corrected chi connectivity index (χ2v) is 7.26. The van der Waals surface area contributed by atoms with E-state index in [1.54, 1.807) is 24.5 Å². The number of H-pyrrole nitrogens is 2. The third-order valence-electron chi connectivity index (χ3n) is 5.43. The van der Waals surface area contributed by atoms with E-state index in [2.05, 4.69) is 49.4 Å². The second kappa shape index (κ2) is 9.08. The van der Waals surface area contributed by atoms with Gasteiger partial charge in [-0.1, -0.05) is 13.8 Å². The van der Waals surface area contributed by atoms with Crippen molar-refractivity contribution < 1.29 is 9.53 Å². The number of pyridine rings is 1. The maximum Gasteiger partial charge on any atom is 0.276 e. The summed E-state index contributed by atoms with van der Waals surface area (Å²) in [5.41, 5.74) is 4.65. The fourth-order valence-corrected chi connectivity index (χ4v) is 3.70. The van der Waals surface area contributed by atoms with E-state index in [1.165, 1.54) is 0 Å². The van der Waals surface area contributed by atoms with Gasteiger partial charge in [-0.3, -0.25) is 15.0 Å². The lowest BCUT2D eigenvalue weighted by Gasteiger charge is -2.17. The first-order chi connectivity index (χ1) is 14.7. The van der Waals surface area contributed by atoms with E-state index in [9.17, 15) is 4.79 Å². The molecule has 0 aliphatic heterocycles. The van der Waals surface area contributed by atoms with Crippen molar-refractivity contribution in [1.29, 1.82) is 0 Å². The molecule has 30 heavy (non-hydrogen) atoms. The van der Waals surface area contributed by atoms with E-state index < -0.39 is 0 Å². The zero-order valence-electron chi connectivity index (χ0n) is 17.4. The molecule has 0 spiro atoms. The fraction of sp³-hybridized carbons (Fsp3) is 0.429. The van der Waals surface area contributed by atoms with Crippen LogP contribution in [0.2, 0.25) is 0 Å². The Morgan fingerprint density at radius 3 is 2.83 bits per heavy atom. The monoisotopic (exact) mass is 409 g/mol. The number of hydrogen-bond acceptors (Lipinski definition) is 6. The Morgan fingerprint density at radius 1 is 1.20 bits per heavy atom. The van der Waals surface area contributed by atoms with Crippen LogP contribution >= 0.6 is 0 Å². The number of rotatable bonds is 9. The summed E-state index contributed by atoms with van der Waals surface area (Å²) in [5.74, 6) is 0.261. The standard InChI is InChI=1S/C21H27N7O2/c1-3-28(4-2)10-5-11-30-17-9-7-15(13-22-17)24-21(29)20-18-16(25-27-20)8-6-14-12-23-26-19(14)18/h7,9,12-13H,3-6,8,10-11H2,1-2H3,(H,23,26)(H,24,29)(H,25,27). The van der Waals surface area contributed by atoms with E-state index >= 15 is 0 Å². The highest BCUT2D eigenvalue weighted by Crippen LogP contribution is 2.33. The van der Waals surface area contributed by atoms with Crippen LogP contribution in [0.5, 0.6) is 5.88 Å². The minimum atomic E-state index is -0.287. The topological polar surface area (TPSA) is 112 Å². The minimum absolute atomic E-state index is 0.287. The van der Waals surface area contributed by atoms with E-state index in [0.717, 1.165) is 61.4 Å². The Bertz CT molecular complexity index is 989. The molecule has 1 aliphatic rings. The van der Waals surface area contributed by atoms with Crippen molar-refractivity contribution in [2.24, 2.45) is 0 Å². The van der Waals surface area contributed by atoms with Crippen LogP contribution in [0.3, 0.4) is 0 Å². The van der Waals surface area contributed by atoms with Gasteiger partial charge in [0, 0.05) is 18.3 Å². The zero-order chi connectivity index (χ0) is 20.9. The molecule has 3 aromatic heterocycles. The largest absolute Gasteiger partial charge is 0.478 e. The fourth-order valence-electron chi connectivity index (χ4n) is 3.70. The summed E-state index contributed by atoms with van der Waals surface area (Å²) in [4.78, 5) is 19.5. The van der Waals surface area contributed by atoms with Crippen LogP contribution in [0.25, 0.3) is 11.3 Å². The lowest BCUT2D eigenvalue weighted by Crippen LogP contribution is -2.25. The average Bonchev–Trinajstić information content (AvgIpc) is 3.41. The number of nitrogens with one attached hydrogen (secondary N) is 3. The van der Waals surface area contributed by atoms with E-state index in [4.69, 9.17) is 4.74 Å². The van der Waals surface area contributed by atoms with Gasteiger partial charge in [0.15, 0.2) is 5.69 Å².